The second-order valence-electron chi connectivity index (χ2n) is 3.49. The highest BCUT2D eigenvalue weighted by Crippen LogP contribution is 2.13. The van der Waals surface area contributed by atoms with Gasteiger partial charge in [-0.25, -0.2) is 0 Å². The van der Waals surface area contributed by atoms with Gasteiger partial charge in [0.2, 0.25) is 0 Å². The molecule has 4 heteroatoms. The molecule has 2 atom stereocenters. The number of hydrogen-bond donors (Lipinski definition) is 0. The van der Waals surface area contributed by atoms with Crippen molar-refractivity contribution in [3.05, 3.63) is 42.9 Å². The van der Waals surface area contributed by atoms with Crippen molar-refractivity contribution in [3.8, 4) is 0 Å². The zero-order chi connectivity index (χ0) is 9.31. The zero-order valence-electron chi connectivity index (χ0n) is 8.34. The number of quaternary nitrogens is 1. The molecule has 76 valence electrons. The van der Waals surface area contributed by atoms with Crippen molar-refractivity contribution in [2.24, 2.45) is 0 Å². The van der Waals surface area contributed by atoms with Crippen LogP contribution in [0.2, 0.25) is 0 Å². The van der Waals surface area contributed by atoms with Gasteiger partial charge in [-0.15, -0.1) is 9.89 Å². The van der Waals surface area contributed by atoms with Crippen LogP contribution >= 0.6 is 0 Å². The average Bonchev–Trinajstić information content (AvgIpc) is 2.63. The smallest absolute Gasteiger partial charge is 0.133 e. The lowest BCUT2D eigenvalue weighted by Gasteiger charge is -2.34. The first-order valence-corrected chi connectivity index (χ1v) is 4.46. The van der Waals surface area contributed by atoms with Gasteiger partial charge in [0.05, 0.1) is 19.4 Å². The van der Waals surface area contributed by atoms with E-state index >= 15 is 0 Å². The second-order valence-corrected chi connectivity index (χ2v) is 3.49. The highest BCUT2D eigenvalue weighted by molar-refractivity contribution is 5.18. The summed E-state index contributed by atoms with van der Waals surface area (Å²) in [5, 5.41) is 4.27. The molecule has 1 aromatic heterocycles. The fourth-order valence-electron chi connectivity index (χ4n) is 1.53. The molecule has 1 aliphatic rings. The summed E-state index contributed by atoms with van der Waals surface area (Å²) in [6, 6.07) is 2.37. The number of halogens is 1. The normalized spacial score (nSPS) is 30.0. The molecule has 14 heavy (non-hydrogen) atoms. The second kappa shape index (κ2) is 3.98. The first kappa shape index (κ1) is 11.0. The predicted octanol–water partition coefficient (Wildman–Crippen LogP) is -1.57. The monoisotopic (exact) mass is 211 g/mol. The van der Waals surface area contributed by atoms with Gasteiger partial charge >= 0.3 is 0 Å². The molecule has 2 rings (SSSR count). The maximum Gasteiger partial charge on any atom is 0.133 e. The standard InChI is InChI=1S/C10H14N3.ClH/c1-10-6-3-4-9-13(10,2)12-8-5-7-11-12;/h3-10H,1-2H3;1H/q+1;/p-1. The van der Waals surface area contributed by atoms with E-state index in [1.165, 1.54) is 0 Å². The van der Waals surface area contributed by atoms with E-state index in [1.54, 1.807) is 0 Å². The summed E-state index contributed by atoms with van der Waals surface area (Å²) in [5.41, 5.74) is 0. The Hall–Kier alpha value is -1.06. The molecule has 2 unspecified atom stereocenters. The molecule has 0 aromatic carbocycles. The molecular weight excluding hydrogens is 198 g/mol. The maximum atomic E-state index is 4.27. The average molecular weight is 212 g/mol. The fourth-order valence-corrected chi connectivity index (χ4v) is 1.53. The molecule has 0 amide bonds. The number of allylic oxidation sites excluding steroid dienone is 2. The molecule has 0 radical (unpaired) electrons. The Balaban J connectivity index is 0.000000980. The quantitative estimate of drug-likeness (QED) is 0.514. The Bertz CT molecular complexity index is 342. The van der Waals surface area contributed by atoms with Crippen LogP contribution in [-0.4, -0.2) is 23.0 Å². The Morgan fingerprint density at radius 3 is 2.71 bits per heavy atom. The highest BCUT2D eigenvalue weighted by atomic mass is 35.5. The van der Waals surface area contributed by atoms with E-state index in [9.17, 15) is 0 Å². The largest absolute Gasteiger partial charge is 1.00 e. The van der Waals surface area contributed by atoms with Crippen LogP contribution in [0.1, 0.15) is 6.92 Å². The van der Waals surface area contributed by atoms with E-state index < -0.39 is 0 Å². The van der Waals surface area contributed by atoms with Gasteiger partial charge in [0.15, 0.2) is 0 Å². The van der Waals surface area contributed by atoms with Crippen LogP contribution < -0.4 is 17.0 Å². The van der Waals surface area contributed by atoms with Crippen molar-refractivity contribution in [2.45, 2.75) is 13.0 Å². The number of rotatable bonds is 1. The molecule has 0 saturated heterocycles. The molecule has 0 aliphatic carbocycles. The van der Waals surface area contributed by atoms with Crippen molar-refractivity contribution in [2.75, 3.05) is 7.05 Å². The van der Waals surface area contributed by atoms with E-state index in [1.807, 2.05) is 23.3 Å². The van der Waals surface area contributed by atoms with E-state index in [0.29, 0.717) is 10.6 Å². The van der Waals surface area contributed by atoms with E-state index in [0.717, 1.165) is 0 Å². The van der Waals surface area contributed by atoms with E-state index in [4.69, 9.17) is 0 Å². The van der Waals surface area contributed by atoms with Crippen molar-refractivity contribution in [3.63, 3.8) is 0 Å². The minimum Gasteiger partial charge on any atom is -1.00 e. The van der Waals surface area contributed by atoms with Gasteiger partial charge in [0.25, 0.3) is 0 Å². The Morgan fingerprint density at radius 2 is 2.14 bits per heavy atom. The lowest BCUT2D eigenvalue weighted by molar-refractivity contribution is -0.00000282. The Kier molecular flexibility index (Phi) is 3.13. The highest BCUT2D eigenvalue weighted by Gasteiger charge is 2.29. The zero-order valence-corrected chi connectivity index (χ0v) is 9.09. The van der Waals surface area contributed by atoms with Gasteiger partial charge < -0.3 is 12.4 Å². The number of nitrogens with zero attached hydrogens (tertiary/aromatic N) is 3. The van der Waals surface area contributed by atoms with Crippen LogP contribution in [0.25, 0.3) is 0 Å². The van der Waals surface area contributed by atoms with Crippen LogP contribution in [0.5, 0.6) is 0 Å². The molecule has 1 aromatic rings. The summed E-state index contributed by atoms with van der Waals surface area (Å²) < 4.78 is 0.684. The Morgan fingerprint density at radius 1 is 1.36 bits per heavy atom. The first-order chi connectivity index (χ1) is 6.23. The summed E-state index contributed by atoms with van der Waals surface area (Å²) in [4.78, 5) is 1.95. The van der Waals surface area contributed by atoms with Crippen molar-refractivity contribution < 1.29 is 12.4 Å². The molecule has 0 saturated carbocycles. The summed E-state index contributed by atoms with van der Waals surface area (Å²) in [7, 11) is 2.14. The van der Waals surface area contributed by atoms with Crippen LogP contribution in [0.4, 0.5) is 0 Å². The minimum absolute atomic E-state index is 0. The third kappa shape index (κ3) is 1.61. The summed E-state index contributed by atoms with van der Waals surface area (Å²) >= 11 is 0. The molecule has 0 spiro atoms. The Labute approximate surface area is 90.3 Å². The first-order valence-electron chi connectivity index (χ1n) is 4.46. The summed E-state index contributed by atoms with van der Waals surface area (Å²) in [6.07, 6.45) is 12.2. The number of hydrogen-bond acceptors (Lipinski definition) is 1. The third-order valence-corrected chi connectivity index (χ3v) is 2.65. The van der Waals surface area contributed by atoms with Crippen molar-refractivity contribution in [1.82, 2.24) is 14.5 Å². The molecule has 0 fully saturated rings. The molecule has 0 bridgehead atoms. The SMILES string of the molecule is CC1C=CC=C[N+]1(C)n1cccn1.[Cl-]. The number of aromatic nitrogens is 2. The third-order valence-electron chi connectivity index (χ3n) is 2.65. The van der Waals surface area contributed by atoms with E-state index in [-0.39, 0.29) is 12.4 Å². The van der Waals surface area contributed by atoms with Gasteiger partial charge in [-0.1, -0.05) is 6.08 Å². The van der Waals surface area contributed by atoms with Gasteiger partial charge in [-0.3, -0.25) is 0 Å². The van der Waals surface area contributed by atoms with Gasteiger partial charge in [0, 0.05) is 0 Å². The van der Waals surface area contributed by atoms with Crippen LogP contribution in [0.3, 0.4) is 0 Å². The summed E-state index contributed by atoms with van der Waals surface area (Å²) in [5.74, 6) is 0. The number of likely N-dealkylation sites (N-methyl/N-ethyl adjacent to an activating group) is 1. The summed E-state index contributed by atoms with van der Waals surface area (Å²) in [6.45, 7) is 2.18. The van der Waals surface area contributed by atoms with Gasteiger partial charge in [-0.2, -0.15) is 4.59 Å². The minimum atomic E-state index is 0. The predicted molar refractivity (Wildman–Crippen MR) is 53.4 cm³/mol. The fraction of sp³-hybridized carbons (Fsp3) is 0.300. The van der Waals surface area contributed by atoms with Crippen molar-refractivity contribution in [1.29, 1.82) is 0 Å². The maximum absolute atomic E-state index is 4.27. The van der Waals surface area contributed by atoms with Crippen LogP contribution in [0.15, 0.2) is 42.9 Å². The molecule has 3 nitrogen and oxygen atoms in total. The molecular formula is C10H14ClN3. The molecule has 2 heterocycles. The van der Waals surface area contributed by atoms with E-state index in [2.05, 4.69) is 43.5 Å². The lowest BCUT2D eigenvalue weighted by Crippen LogP contribution is -3.00. The van der Waals surface area contributed by atoms with Crippen molar-refractivity contribution >= 4 is 0 Å². The lowest BCUT2D eigenvalue weighted by atomic mass is 10.2. The molecule has 1 aliphatic heterocycles. The van der Waals surface area contributed by atoms with Gasteiger partial charge in [0.1, 0.15) is 12.2 Å². The van der Waals surface area contributed by atoms with Gasteiger partial charge in [-0.05, 0) is 25.1 Å². The van der Waals surface area contributed by atoms with Crippen LogP contribution in [0, 0.1) is 0 Å². The van der Waals surface area contributed by atoms with Crippen LogP contribution in [-0.2, 0) is 0 Å². The topological polar surface area (TPSA) is 17.8 Å². The molecule has 0 N–H and O–H groups in total.